The number of hydrogen-bond acceptors (Lipinski definition) is 7. The van der Waals surface area contributed by atoms with Gasteiger partial charge in [-0.2, -0.15) is 0 Å². The molecule has 2 rings (SSSR count). The predicted octanol–water partition coefficient (Wildman–Crippen LogP) is -0.767. The molecule has 2 aromatic rings. The molecule has 1 aromatic heterocycles. The van der Waals surface area contributed by atoms with Crippen LogP contribution in [0.2, 0.25) is 0 Å². The van der Waals surface area contributed by atoms with Gasteiger partial charge in [0.1, 0.15) is 0 Å². The molecule has 10 nitrogen and oxygen atoms in total. The Balaban J connectivity index is 2.19. The van der Waals surface area contributed by atoms with Crippen molar-refractivity contribution in [2.75, 3.05) is 0 Å². The van der Waals surface area contributed by atoms with Gasteiger partial charge in [-0.1, -0.05) is 12.1 Å². The quantitative estimate of drug-likeness (QED) is 0.319. The molecular formula is C9H9N7O3. The minimum Gasteiger partial charge on any atom is -0.287 e. The van der Waals surface area contributed by atoms with Crippen molar-refractivity contribution in [3.63, 3.8) is 0 Å². The molecule has 1 heterocycles. The SMILES string of the molecule is NNC(=O)c1nnnn1Cc1ccc([N+](=O)[O-])cc1. The second-order valence-corrected chi connectivity index (χ2v) is 3.56. The van der Waals surface area contributed by atoms with Gasteiger partial charge < -0.3 is 0 Å². The molecule has 0 saturated carbocycles. The highest BCUT2D eigenvalue weighted by atomic mass is 16.6. The Morgan fingerprint density at radius 3 is 2.68 bits per heavy atom. The van der Waals surface area contributed by atoms with Crippen LogP contribution >= 0.6 is 0 Å². The third-order valence-corrected chi connectivity index (χ3v) is 2.35. The maximum Gasteiger partial charge on any atom is 0.304 e. The van der Waals surface area contributed by atoms with Crippen LogP contribution in [0.1, 0.15) is 16.2 Å². The Morgan fingerprint density at radius 1 is 1.42 bits per heavy atom. The third kappa shape index (κ3) is 2.69. The molecule has 1 aromatic carbocycles. The molecule has 19 heavy (non-hydrogen) atoms. The number of nitro benzene ring substituents is 1. The minimum atomic E-state index is -0.619. The highest BCUT2D eigenvalue weighted by molar-refractivity contribution is 5.89. The summed E-state index contributed by atoms with van der Waals surface area (Å²) in [6, 6.07) is 5.85. The second kappa shape index (κ2) is 5.18. The molecule has 0 spiro atoms. The standard InChI is InChI=1S/C9H9N7O3/c10-11-9(17)8-12-13-14-15(8)5-6-1-3-7(4-2-6)16(18)19/h1-4H,5,10H2,(H,11,17). The van der Waals surface area contributed by atoms with Gasteiger partial charge in [0, 0.05) is 12.1 Å². The Bertz CT molecular complexity index is 607. The summed E-state index contributed by atoms with van der Waals surface area (Å²) in [6.07, 6.45) is 0. The molecule has 0 fully saturated rings. The van der Waals surface area contributed by atoms with Gasteiger partial charge in [0.25, 0.3) is 5.69 Å². The molecule has 10 heteroatoms. The number of nitrogen functional groups attached to an aromatic ring is 1. The van der Waals surface area contributed by atoms with Crippen LogP contribution in [0.25, 0.3) is 0 Å². The molecule has 0 unspecified atom stereocenters. The van der Waals surface area contributed by atoms with E-state index in [9.17, 15) is 14.9 Å². The van der Waals surface area contributed by atoms with Gasteiger partial charge >= 0.3 is 5.91 Å². The van der Waals surface area contributed by atoms with E-state index in [1.165, 1.54) is 16.8 Å². The number of nitrogens with two attached hydrogens (primary N) is 1. The monoisotopic (exact) mass is 263 g/mol. The average Bonchev–Trinajstić information content (AvgIpc) is 2.86. The summed E-state index contributed by atoms with van der Waals surface area (Å²) in [5, 5.41) is 21.1. The number of benzene rings is 1. The molecule has 98 valence electrons. The van der Waals surface area contributed by atoms with Gasteiger partial charge in [0.15, 0.2) is 0 Å². The fraction of sp³-hybridized carbons (Fsp3) is 0.111. The van der Waals surface area contributed by atoms with Crippen molar-refractivity contribution in [3.8, 4) is 0 Å². The topological polar surface area (TPSA) is 142 Å². The number of carbonyl (C=O) groups is 1. The van der Waals surface area contributed by atoms with Crippen LogP contribution in [-0.4, -0.2) is 31.0 Å². The summed E-state index contributed by atoms with van der Waals surface area (Å²) in [6.45, 7) is 0.202. The Hall–Kier alpha value is -2.88. The maximum absolute atomic E-state index is 11.3. The van der Waals surface area contributed by atoms with Crippen LogP contribution in [-0.2, 0) is 6.54 Å². The molecule has 0 bridgehead atoms. The third-order valence-electron chi connectivity index (χ3n) is 2.35. The zero-order chi connectivity index (χ0) is 13.8. The van der Waals surface area contributed by atoms with Crippen molar-refractivity contribution in [1.29, 1.82) is 0 Å². The number of nitrogens with one attached hydrogen (secondary N) is 1. The van der Waals surface area contributed by atoms with E-state index < -0.39 is 10.8 Å². The summed E-state index contributed by atoms with van der Waals surface area (Å²) in [5.41, 5.74) is 2.62. The van der Waals surface area contributed by atoms with E-state index in [1.807, 2.05) is 5.43 Å². The molecule has 3 N–H and O–H groups in total. The van der Waals surface area contributed by atoms with Gasteiger partial charge in [-0.3, -0.25) is 20.3 Å². The van der Waals surface area contributed by atoms with Gasteiger partial charge in [-0.15, -0.1) is 5.10 Å². The van der Waals surface area contributed by atoms with E-state index in [0.29, 0.717) is 5.56 Å². The van der Waals surface area contributed by atoms with E-state index in [4.69, 9.17) is 5.84 Å². The first-order valence-electron chi connectivity index (χ1n) is 5.12. The normalized spacial score (nSPS) is 10.2. The Labute approximate surface area is 106 Å². The zero-order valence-corrected chi connectivity index (χ0v) is 9.55. The number of amides is 1. The number of nitro groups is 1. The first-order valence-corrected chi connectivity index (χ1v) is 5.12. The van der Waals surface area contributed by atoms with Crippen molar-refractivity contribution in [2.24, 2.45) is 5.84 Å². The molecule has 0 aliphatic carbocycles. The summed E-state index contributed by atoms with van der Waals surface area (Å²) in [5.74, 6) is 4.34. The molecular weight excluding hydrogens is 254 g/mol. The number of carbonyl (C=O) groups excluding carboxylic acids is 1. The van der Waals surface area contributed by atoms with Gasteiger partial charge in [-0.25, -0.2) is 10.5 Å². The van der Waals surface area contributed by atoms with Gasteiger partial charge in [0.05, 0.1) is 11.5 Å². The summed E-state index contributed by atoms with van der Waals surface area (Å²) < 4.78 is 1.24. The van der Waals surface area contributed by atoms with Crippen molar-refractivity contribution in [2.45, 2.75) is 6.54 Å². The van der Waals surface area contributed by atoms with Crippen molar-refractivity contribution >= 4 is 11.6 Å². The van der Waals surface area contributed by atoms with E-state index in [1.54, 1.807) is 12.1 Å². The number of non-ortho nitro benzene ring substituents is 1. The summed E-state index contributed by atoms with van der Waals surface area (Å²) in [7, 11) is 0. The number of rotatable bonds is 4. The maximum atomic E-state index is 11.3. The predicted molar refractivity (Wildman–Crippen MR) is 61.7 cm³/mol. The Kier molecular flexibility index (Phi) is 3.43. The van der Waals surface area contributed by atoms with Crippen LogP contribution < -0.4 is 11.3 Å². The van der Waals surface area contributed by atoms with Crippen LogP contribution in [0, 0.1) is 10.1 Å². The smallest absolute Gasteiger partial charge is 0.287 e. The lowest BCUT2D eigenvalue weighted by molar-refractivity contribution is -0.384. The molecule has 0 radical (unpaired) electrons. The van der Waals surface area contributed by atoms with Crippen molar-refractivity contribution in [3.05, 3.63) is 45.8 Å². The summed E-state index contributed by atoms with van der Waals surface area (Å²) in [4.78, 5) is 21.4. The molecule has 0 atom stereocenters. The summed E-state index contributed by atoms with van der Waals surface area (Å²) >= 11 is 0. The molecule has 0 aliphatic rings. The fourth-order valence-corrected chi connectivity index (χ4v) is 1.43. The number of hydrazine groups is 1. The van der Waals surface area contributed by atoms with Crippen LogP contribution in [0.5, 0.6) is 0 Å². The largest absolute Gasteiger partial charge is 0.304 e. The lowest BCUT2D eigenvalue weighted by atomic mass is 10.2. The number of tetrazole rings is 1. The van der Waals surface area contributed by atoms with Crippen molar-refractivity contribution in [1.82, 2.24) is 25.6 Å². The van der Waals surface area contributed by atoms with Crippen LogP contribution in [0.4, 0.5) is 5.69 Å². The number of nitrogens with zero attached hydrogens (tertiary/aromatic N) is 5. The van der Waals surface area contributed by atoms with E-state index >= 15 is 0 Å². The fourth-order valence-electron chi connectivity index (χ4n) is 1.43. The van der Waals surface area contributed by atoms with Crippen molar-refractivity contribution < 1.29 is 9.72 Å². The van der Waals surface area contributed by atoms with Crippen LogP contribution in [0.3, 0.4) is 0 Å². The molecule has 1 amide bonds. The van der Waals surface area contributed by atoms with E-state index in [-0.39, 0.29) is 18.1 Å². The number of aromatic nitrogens is 4. The minimum absolute atomic E-state index is 0.0135. The van der Waals surface area contributed by atoms with E-state index in [0.717, 1.165) is 0 Å². The van der Waals surface area contributed by atoms with Crippen LogP contribution in [0.15, 0.2) is 24.3 Å². The zero-order valence-electron chi connectivity index (χ0n) is 9.55. The lowest BCUT2D eigenvalue weighted by Gasteiger charge is -2.03. The highest BCUT2D eigenvalue weighted by Crippen LogP contribution is 2.12. The first kappa shape index (κ1) is 12.6. The van der Waals surface area contributed by atoms with Gasteiger partial charge in [-0.05, 0) is 16.0 Å². The molecule has 0 aliphatic heterocycles. The Morgan fingerprint density at radius 2 is 2.11 bits per heavy atom. The second-order valence-electron chi connectivity index (χ2n) is 3.56. The average molecular weight is 263 g/mol. The highest BCUT2D eigenvalue weighted by Gasteiger charge is 2.14. The molecule has 0 saturated heterocycles. The first-order chi connectivity index (χ1) is 9.11. The lowest BCUT2D eigenvalue weighted by Crippen LogP contribution is -2.32. The van der Waals surface area contributed by atoms with E-state index in [2.05, 4.69) is 15.5 Å². The van der Waals surface area contributed by atoms with Gasteiger partial charge in [0.2, 0.25) is 5.82 Å². The number of hydrogen-bond donors (Lipinski definition) is 2.